The quantitative estimate of drug-likeness (QED) is 0.382. The molecule has 5 nitrogen and oxygen atoms in total. The Morgan fingerprint density at radius 3 is 1.82 bits per heavy atom. The van der Waals surface area contributed by atoms with Gasteiger partial charge in [-0.05, 0) is 6.92 Å². The van der Waals surface area contributed by atoms with Crippen LogP contribution in [0.3, 0.4) is 0 Å². The van der Waals surface area contributed by atoms with E-state index in [1.54, 1.807) is 0 Å². The number of hydrogen-bond acceptors (Lipinski definition) is 4. The van der Waals surface area contributed by atoms with Gasteiger partial charge in [-0.15, -0.1) is 0 Å². The third-order valence-electron chi connectivity index (χ3n) is 0.529. The predicted octanol–water partition coefficient (Wildman–Crippen LogP) is -0.417. The van der Waals surface area contributed by atoms with Crippen molar-refractivity contribution in [2.24, 2.45) is 0 Å². The smallest absolute Gasteiger partial charge is 0.449 e. The van der Waals surface area contributed by atoms with Crippen molar-refractivity contribution in [2.45, 2.75) is 13.0 Å². The molecule has 0 aliphatic rings. The van der Waals surface area contributed by atoms with Gasteiger partial charge in [0.15, 0.2) is 0 Å². The molecule has 0 fully saturated rings. The fourth-order valence-electron chi connectivity index (χ4n) is 0.171. The second-order valence-electron chi connectivity index (χ2n) is 1.36. The molecule has 0 radical (unpaired) electrons. The first-order chi connectivity index (χ1) is 4.04. The van der Waals surface area contributed by atoms with Gasteiger partial charge >= 0.3 is 12.1 Å². The number of carbonyl (C=O) groups is 2. The van der Waals surface area contributed by atoms with Crippen molar-refractivity contribution < 1.29 is 63.5 Å². The van der Waals surface area contributed by atoms with Gasteiger partial charge in [-0.2, -0.15) is 0 Å². The summed E-state index contributed by atoms with van der Waals surface area (Å²) in [7, 11) is 0. The number of rotatable bonds is 1. The average Bonchev–Trinajstić information content (AvgIpc) is 1.63. The average molecular weight is 265 g/mol. The van der Waals surface area contributed by atoms with E-state index in [0.29, 0.717) is 0 Å². The first-order valence-electron chi connectivity index (χ1n) is 2.16. The number of esters is 1. The van der Waals surface area contributed by atoms with Gasteiger partial charge < -0.3 is 14.9 Å². The van der Waals surface area contributed by atoms with Crippen LogP contribution in [0.1, 0.15) is 6.92 Å². The Kier molecular flexibility index (Phi) is 13.0. The van der Waals surface area contributed by atoms with Crippen molar-refractivity contribution in [3.63, 3.8) is 0 Å². The Morgan fingerprint density at radius 1 is 1.36 bits per heavy atom. The Morgan fingerprint density at radius 2 is 1.73 bits per heavy atom. The van der Waals surface area contributed by atoms with Crippen LogP contribution >= 0.6 is 0 Å². The van der Waals surface area contributed by atoms with E-state index < -0.39 is 18.2 Å². The number of aliphatic hydroxyl groups excluding tert-OH is 1. The molecule has 0 aliphatic heterocycles. The molecule has 0 saturated heterocycles. The fraction of sp³-hybridized carbons (Fsp3) is 0.500. The van der Waals surface area contributed by atoms with Crippen molar-refractivity contribution in [1.82, 2.24) is 0 Å². The monoisotopic (exact) mass is 262 g/mol. The standard InChI is InChI=1S/C4H6O5.2Zn/c1-2(5)3(6)9-4(7)8;;/h2,5H,1H3,(H,7,8);;. The van der Waals surface area contributed by atoms with Crippen LogP contribution in [0.25, 0.3) is 0 Å². The third kappa shape index (κ3) is 10.1. The first kappa shape index (κ1) is 17.3. The molecule has 2 N–H and O–H groups in total. The summed E-state index contributed by atoms with van der Waals surface area (Å²) in [6.45, 7) is 1.12. The van der Waals surface area contributed by atoms with Gasteiger partial charge in [-0.3, -0.25) is 0 Å². The molecular formula is C4H6O5Zn2. The van der Waals surface area contributed by atoms with Gasteiger partial charge in [0.25, 0.3) is 0 Å². The Balaban J connectivity index is -0.000000320. The van der Waals surface area contributed by atoms with Crippen molar-refractivity contribution in [1.29, 1.82) is 0 Å². The molecule has 0 aromatic carbocycles. The van der Waals surface area contributed by atoms with E-state index in [0.717, 1.165) is 6.92 Å². The van der Waals surface area contributed by atoms with Gasteiger partial charge in [-0.1, -0.05) is 0 Å². The van der Waals surface area contributed by atoms with E-state index in [9.17, 15) is 9.59 Å². The maximum atomic E-state index is 10.1. The SMILES string of the molecule is CC(O)C(=O)OC(=O)O.[Zn].[Zn]. The maximum absolute atomic E-state index is 10.1. The van der Waals surface area contributed by atoms with Crippen LogP contribution in [0.4, 0.5) is 4.79 Å². The number of carbonyl (C=O) groups excluding carboxylic acids is 1. The molecule has 0 bridgehead atoms. The number of aliphatic hydroxyl groups is 1. The number of carboxylic acid groups (broad SMARTS) is 1. The molecule has 11 heavy (non-hydrogen) atoms. The minimum Gasteiger partial charge on any atom is -0.449 e. The van der Waals surface area contributed by atoms with Crippen LogP contribution in [-0.2, 0) is 48.5 Å². The van der Waals surface area contributed by atoms with E-state index in [4.69, 9.17) is 10.2 Å². The maximum Gasteiger partial charge on any atom is 0.513 e. The summed E-state index contributed by atoms with van der Waals surface area (Å²) in [5, 5.41) is 16.1. The molecule has 0 rings (SSSR count). The molecule has 0 aromatic rings. The summed E-state index contributed by atoms with van der Waals surface area (Å²) in [6.07, 6.45) is -3.10. The normalized spacial score (nSPS) is 10.0. The van der Waals surface area contributed by atoms with Crippen LogP contribution in [0.5, 0.6) is 0 Å². The van der Waals surface area contributed by atoms with Crippen LogP contribution in [0.2, 0.25) is 0 Å². The molecule has 7 heteroatoms. The molecule has 0 saturated carbocycles. The Labute approximate surface area is 88.6 Å². The van der Waals surface area contributed by atoms with Crippen LogP contribution in [0, 0.1) is 0 Å². The Bertz CT molecular complexity index is 134. The van der Waals surface area contributed by atoms with Crippen LogP contribution in [0.15, 0.2) is 0 Å². The largest absolute Gasteiger partial charge is 0.513 e. The first-order valence-corrected chi connectivity index (χ1v) is 2.16. The predicted molar refractivity (Wildman–Crippen MR) is 25.8 cm³/mol. The van der Waals surface area contributed by atoms with Crippen molar-refractivity contribution in [3.8, 4) is 0 Å². The summed E-state index contributed by atoms with van der Waals surface area (Å²) >= 11 is 0. The van der Waals surface area contributed by atoms with E-state index >= 15 is 0 Å². The molecule has 0 heterocycles. The summed E-state index contributed by atoms with van der Waals surface area (Å²) in [4.78, 5) is 19.7. The van der Waals surface area contributed by atoms with Crippen molar-refractivity contribution in [2.75, 3.05) is 0 Å². The van der Waals surface area contributed by atoms with Gasteiger partial charge in [0.2, 0.25) is 0 Å². The molecule has 0 aliphatic carbocycles. The van der Waals surface area contributed by atoms with Crippen molar-refractivity contribution >= 4 is 12.1 Å². The minimum absolute atomic E-state index is 0. The molecule has 56 valence electrons. The van der Waals surface area contributed by atoms with Gasteiger partial charge in [0, 0.05) is 39.0 Å². The molecule has 1 atom stereocenters. The molecule has 0 aromatic heterocycles. The van der Waals surface area contributed by atoms with Gasteiger partial charge in [0.05, 0.1) is 0 Å². The van der Waals surface area contributed by atoms with Gasteiger partial charge in [0.1, 0.15) is 6.10 Å². The molecule has 0 amide bonds. The summed E-state index contributed by atoms with van der Waals surface area (Å²) in [5.41, 5.74) is 0. The molecule has 0 spiro atoms. The molecular weight excluding hydrogens is 259 g/mol. The zero-order valence-corrected chi connectivity index (χ0v) is 12.0. The molecule has 1 unspecified atom stereocenters. The second-order valence-corrected chi connectivity index (χ2v) is 1.36. The number of hydrogen-bond donors (Lipinski definition) is 2. The van der Waals surface area contributed by atoms with Crippen LogP contribution < -0.4 is 0 Å². The third-order valence-corrected chi connectivity index (χ3v) is 0.529. The topological polar surface area (TPSA) is 83.8 Å². The van der Waals surface area contributed by atoms with E-state index in [1.165, 1.54) is 0 Å². The van der Waals surface area contributed by atoms with E-state index in [-0.39, 0.29) is 39.0 Å². The van der Waals surface area contributed by atoms with Gasteiger partial charge in [-0.25, -0.2) is 9.59 Å². The zero-order valence-electron chi connectivity index (χ0n) is 6.11. The number of ether oxygens (including phenoxy) is 1. The summed E-state index contributed by atoms with van der Waals surface area (Å²) in [6, 6.07) is 0. The minimum atomic E-state index is -1.71. The zero-order chi connectivity index (χ0) is 7.44. The second kappa shape index (κ2) is 8.25. The Hall–Kier alpha value is 0.147. The van der Waals surface area contributed by atoms with Crippen LogP contribution in [-0.4, -0.2) is 28.4 Å². The summed E-state index contributed by atoms with van der Waals surface area (Å²) in [5.74, 6) is -1.16. The van der Waals surface area contributed by atoms with E-state index in [2.05, 4.69) is 4.74 Å². The fourth-order valence-corrected chi connectivity index (χ4v) is 0.171. The van der Waals surface area contributed by atoms with Crippen molar-refractivity contribution in [3.05, 3.63) is 0 Å². The summed E-state index contributed by atoms with van der Waals surface area (Å²) < 4.78 is 3.54. The van der Waals surface area contributed by atoms with E-state index in [1.807, 2.05) is 0 Å².